The van der Waals surface area contributed by atoms with E-state index >= 15 is 0 Å². The molecule has 1 aliphatic rings. The van der Waals surface area contributed by atoms with Gasteiger partial charge < -0.3 is 0 Å². The molecule has 4 heteroatoms. The minimum Gasteiger partial charge on any atom is -0.297 e. The van der Waals surface area contributed by atoms with Gasteiger partial charge in [-0.1, -0.05) is 18.2 Å². The SMILES string of the molecule is Cn1nc(CN2CCC(CCCl)C2)c2ccccc21. The normalized spacial score (nSPS) is 20.4. The molecule has 1 fully saturated rings. The minimum atomic E-state index is 0.771. The number of alkyl halides is 1. The van der Waals surface area contributed by atoms with Gasteiger partial charge in [0.05, 0.1) is 11.2 Å². The van der Waals surface area contributed by atoms with Crippen LogP contribution in [0.2, 0.25) is 0 Å². The number of aromatic nitrogens is 2. The largest absolute Gasteiger partial charge is 0.297 e. The van der Waals surface area contributed by atoms with Gasteiger partial charge in [-0.15, -0.1) is 11.6 Å². The molecule has 0 amide bonds. The van der Waals surface area contributed by atoms with E-state index in [1.165, 1.54) is 29.6 Å². The van der Waals surface area contributed by atoms with Crippen molar-refractivity contribution in [1.29, 1.82) is 0 Å². The molecule has 0 N–H and O–H groups in total. The zero-order chi connectivity index (χ0) is 13.2. The van der Waals surface area contributed by atoms with Gasteiger partial charge >= 0.3 is 0 Å². The van der Waals surface area contributed by atoms with E-state index in [0.717, 1.165) is 31.3 Å². The maximum atomic E-state index is 5.84. The Hall–Kier alpha value is -1.06. The summed E-state index contributed by atoms with van der Waals surface area (Å²) in [5.74, 6) is 1.55. The molecule has 2 aromatic rings. The van der Waals surface area contributed by atoms with Crippen LogP contribution in [0.3, 0.4) is 0 Å². The van der Waals surface area contributed by atoms with E-state index in [1.807, 2.05) is 11.7 Å². The molecular weight excluding hydrogens is 258 g/mol. The zero-order valence-corrected chi connectivity index (χ0v) is 12.1. The fourth-order valence-corrected chi connectivity index (χ4v) is 3.37. The standard InChI is InChI=1S/C15H20ClN3/c1-18-15-5-3-2-4-13(15)14(17-18)11-19-9-7-12(10-19)6-8-16/h2-5,12H,6-11H2,1H3. The second-order valence-electron chi connectivity index (χ2n) is 5.45. The minimum absolute atomic E-state index is 0.771. The molecule has 1 aromatic carbocycles. The van der Waals surface area contributed by atoms with Crippen LogP contribution in [0.1, 0.15) is 18.5 Å². The number of nitrogens with zero attached hydrogens (tertiary/aromatic N) is 3. The van der Waals surface area contributed by atoms with Crippen molar-refractivity contribution in [1.82, 2.24) is 14.7 Å². The summed E-state index contributed by atoms with van der Waals surface area (Å²) in [4.78, 5) is 2.51. The van der Waals surface area contributed by atoms with Gasteiger partial charge in [-0.25, -0.2) is 0 Å². The molecule has 102 valence electrons. The van der Waals surface area contributed by atoms with Crippen molar-refractivity contribution in [2.75, 3.05) is 19.0 Å². The van der Waals surface area contributed by atoms with Crippen LogP contribution in [0.5, 0.6) is 0 Å². The number of hydrogen-bond acceptors (Lipinski definition) is 2. The van der Waals surface area contributed by atoms with Crippen LogP contribution in [0.25, 0.3) is 10.9 Å². The van der Waals surface area contributed by atoms with Crippen LogP contribution in [0.4, 0.5) is 0 Å². The first-order chi connectivity index (χ1) is 9.28. The lowest BCUT2D eigenvalue weighted by atomic mass is 10.1. The fourth-order valence-electron chi connectivity index (χ4n) is 3.06. The van der Waals surface area contributed by atoms with Gasteiger partial charge in [-0.05, 0) is 31.4 Å². The van der Waals surface area contributed by atoms with Crippen molar-refractivity contribution < 1.29 is 0 Å². The highest BCUT2D eigenvalue weighted by Gasteiger charge is 2.23. The maximum Gasteiger partial charge on any atom is 0.0843 e. The number of hydrogen-bond donors (Lipinski definition) is 0. The Balaban J connectivity index is 1.76. The molecule has 19 heavy (non-hydrogen) atoms. The second-order valence-corrected chi connectivity index (χ2v) is 5.83. The lowest BCUT2D eigenvalue weighted by molar-refractivity contribution is 0.311. The molecule has 0 bridgehead atoms. The molecule has 1 unspecified atom stereocenters. The lowest BCUT2D eigenvalue weighted by Crippen LogP contribution is -2.20. The summed E-state index contributed by atoms with van der Waals surface area (Å²) in [5, 5.41) is 5.96. The third-order valence-electron chi connectivity index (χ3n) is 4.10. The van der Waals surface area contributed by atoms with Crippen LogP contribution in [0.15, 0.2) is 24.3 Å². The molecule has 1 aromatic heterocycles. The highest BCUT2D eigenvalue weighted by molar-refractivity contribution is 6.17. The Morgan fingerprint density at radius 2 is 2.21 bits per heavy atom. The summed E-state index contributed by atoms with van der Waals surface area (Å²) in [7, 11) is 2.02. The Kier molecular flexibility index (Phi) is 3.76. The summed E-state index contributed by atoms with van der Waals surface area (Å²) < 4.78 is 1.98. The van der Waals surface area contributed by atoms with E-state index in [0.29, 0.717) is 0 Å². The average Bonchev–Trinajstić information content (AvgIpc) is 2.97. The summed E-state index contributed by atoms with van der Waals surface area (Å²) in [6.45, 7) is 3.30. The Morgan fingerprint density at radius 3 is 3.05 bits per heavy atom. The van der Waals surface area contributed by atoms with E-state index in [2.05, 4.69) is 34.3 Å². The van der Waals surface area contributed by atoms with E-state index < -0.39 is 0 Å². The summed E-state index contributed by atoms with van der Waals surface area (Å²) in [5.41, 5.74) is 2.42. The molecule has 0 aliphatic carbocycles. The molecule has 3 rings (SSSR count). The smallest absolute Gasteiger partial charge is 0.0843 e. The second kappa shape index (κ2) is 5.51. The van der Waals surface area contributed by atoms with Gasteiger partial charge in [-0.3, -0.25) is 9.58 Å². The lowest BCUT2D eigenvalue weighted by Gasteiger charge is -2.14. The Bertz CT molecular complexity index is 564. The van der Waals surface area contributed by atoms with Gasteiger partial charge in [0, 0.05) is 31.4 Å². The summed E-state index contributed by atoms with van der Waals surface area (Å²) >= 11 is 5.84. The molecule has 0 radical (unpaired) electrons. The molecule has 2 heterocycles. The average molecular weight is 278 g/mol. The first-order valence-electron chi connectivity index (χ1n) is 6.97. The predicted molar refractivity (Wildman–Crippen MR) is 79.4 cm³/mol. The quantitative estimate of drug-likeness (QED) is 0.801. The topological polar surface area (TPSA) is 21.1 Å². The maximum absolute atomic E-state index is 5.84. The highest BCUT2D eigenvalue weighted by Crippen LogP contribution is 2.24. The number of aryl methyl sites for hydroxylation is 1. The number of halogens is 1. The first kappa shape index (κ1) is 12.9. The molecular formula is C15H20ClN3. The Labute approximate surface area is 119 Å². The van der Waals surface area contributed by atoms with Crippen molar-refractivity contribution in [3.63, 3.8) is 0 Å². The molecule has 1 atom stereocenters. The fraction of sp³-hybridized carbons (Fsp3) is 0.533. The molecule has 0 spiro atoms. The monoisotopic (exact) mass is 277 g/mol. The summed E-state index contributed by atoms with van der Waals surface area (Å²) in [6.07, 6.45) is 2.42. The van der Waals surface area contributed by atoms with Gasteiger partial charge in [0.2, 0.25) is 0 Å². The molecule has 1 aliphatic heterocycles. The number of likely N-dealkylation sites (tertiary alicyclic amines) is 1. The van der Waals surface area contributed by atoms with Crippen molar-refractivity contribution in [2.45, 2.75) is 19.4 Å². The van der Waals surface area contributed by atoms with Crippen molar-refractivity contribution in [3.8, 4) is 0 Å². The number of rotatable bonds is 4. The van der Waals surface area contributed by atoms with Crippen molar-refractivity contribution >= 4 is 22.5 Å². The summed E-state index contributed by atoms with van der Waals surface area (Å²) in [6, 6.07) is 8.46. The third kappa shape index (κ3) is 2.63. The van der Waals surface area contributed by atoms with Crippen LogP contribution in [0, 0.1) is 5.92 Å². The third-order valence-corrected chi connectivity index (χ3v) is 4.31. The van der Waals surface area contributed by atoms with Gasteiger partial charge in [0.1, 0.15) is 0 Å². The highest BCUT2D eigenvalue weighted by atomic mass is 35.5. The number of para-hydroxylation sites is 1. The first-order valence-corrected chi connectivity index (χ1v) is 7.50. The van der Waals surface area contributed by atoms with Crippen LogP contribution in [-0.4, -0.2) is 33.6 Å². The predicted octanol–water partition coefficient (Wildman–Crippen LogP) is 3.02. The number of fused-ring (bicyclic) bond motifs is 1. The van der Waals surface area contributed by atoms with Crippen molar-refractivity contribution in [3.05, 3.63) is 30.0 Å². The van der Waals surface area contributed by atoms with Gasteiger partial charge in [-0.2, -0.15) is 5.10 Å². The van der Waals surface area contributed by atoms with Crippen LogP contribution >= 0.6 is 11.6 Å². The molecule has 3 nitrogen and oxygen atoms in total. The van der Waals surface area contributed by atoms with E-state index in [-0.39, 0.29) is 0 Å². The Morgan fingerprint density at radius 1 is 1.37 bits per heavy atom. The van der Waals surface area contributed by atoms with Crippen LogP contribution in [-0.2, 0) is 13.6 Å². The van der Waals surface area contributed by atoms with E-state index in [9.17, 15) is 0 Å². The van der Waals surface area contributed by atoms with E-state index in [1.54, 1.807) is 0 Å². The zero-order valence-electron chi connectivity index (χ0n) is 11.3. The number of benzene rings is 1. The van der Waals surface area contributed by atoms with Gasteiger partial charge in [0.15, 0.2) is 0 Å². The van der Waals surface area contributed by atoms with Gasteiger partial charge in [0.25, 0.3) is 0 Å². The van der Waals surface area contributed by atoms with E-state index in [4.69, 9.17) is 11.6 Å². The molecule has 1 saturated heterocycles. The molecule has 0 saturated carbocycles. The van der Waals surface area contributed by atoms with Crippen molar-refractivity contribution in [2.24, 2.45) is 13.0 Å². The van der Waals surface area contributed by atoms with Crippen LogP contribution < -0.4 is 0 Å².